The second-order valence-electron chi connectivity index (χ2n) is 13.4. The van der Waals surface area contributed by atoms with Crippen LogP contribution in [-0.2, 0) is 22.4 Å². The summed E-state index contributed by atoms with van der Waals surface area (Å²) in [5.74, 6) is 2.06. The van der Waals surface area contributed by atoms with Gasteiger partial charge in [-0.25, -0.2) is 19.6 Å². The van der Waals surface area contributed by atoms with Gasteiger partial charge in [-0.05, 0) is 98.1 Å². The number of hydrogen-bond donors (Lipinski definition) is 0. The molecule has 3 aliphatic heterocycles. The fourth-order valence-corrected chi connectivity index (χ4v) is 7.23. The molecule has 0 unspecified atom stereocenters. The molecule has 4 aliphatic rings. The number of nitrogens with one attached hydrogen (secondary N) is 1. The number of methoxy groups -OCH3 is 1. The van der Waals surface area contributed by atoms with Gasteiger partial charge in [0.1, 0.15) is 28.1 Å². The van der Waals surface area contributed by atoms with E-state index in [9.17, 15) is 9.59 Å². The van der Waals surface area contributed by atoms with Crippen molar-refractivity contribution in [3.05, 3.63) is 112 Å². The molecule has 12 heteroatoms. The molecule has 1 aliphatic carbocycles. The largest absolute Gasteiger partial charge is 0.493 e. The Labute approximate surface area is 307 Å². The van der Waals surface area contributed by atoms with E-state index in [2.05, 4.69) is 14.9 Å². The summed E-state index contributed by atoms with van der Waals surface area (Å²) in [6, 6.07) is 17.9. The fourth-order valence-electron chi connectivity index (χ4n) is 6.70. The lowest BCUT2D eigenvalue weighted by atomic mass is 9.86. The number of ether oxygens (including phenoxy) is 4. The molecular weight excluding hydrogens is 691 g/mol. The second kappa shape index (κ2) is 15.9. The number of esters is 1. The average molecular weight is 733 g/mol. The minimum atomic E-state index is -0.746. The van der Waals surface area contributed by atoms with Crippen LogP contribution in [0, 0.1) is 11.8 Å². The van der Waals surface area contributed by atoms with Gasteiger partial charge in [-0.1, -0.05) is 47.5 Å². The highest BCUT2D eigenvalue weighted by atomic mass is 35.5. The Hall–Kier alpha value is -4.38. The van der Waals surface area contributed by atoms with Crippen molar-refractivity contribution in [2.24, 2.45) is 11.8 Å². The van der Waals surface area contributed by atoms with Crippen LogP contribution < -0.4 is 19.4 Å². The first-order chi connectivity index (χ1) is 24.8. The number of halogens is 2. The van der Waals surface area contributed by atoms with Crippen LogP contribution in [0.2, 0.25) is 10.0 Å². The third kappa shape index (κ3) is 8.57. The van der Waals surface area contributed by atoms with Crippen molar-refractivity contribution >= 4 is 41.1 Å². The smallest absolute Gasteiger partial charge is 0.416 e. The van der Waals surface area contributed by atoms with E-state index in [1.807, 2.05) is 24.3 Å². The topological polar surface area (TPSA) is 105 Å². The Bertz CT molecular complexity index is 1810. The molecule has 10 nitrogen and oxygen atoms in total. The molecule has 5 heterocycles. The van der Waals surface area contributed by atoms with E-state index in [0.717, 1.165) is 50.9 Å². The minimum Gasteiger partial charge on any atom is -0.493 e. The molecule has 0 radical (unpaired) electrons. The molecule has 8 rings (SSSR count). The number of anilines is 1. The molecule has 266 valence electrons. The van der Waals surface area contributed by atoms with Crippen molar-refractivity contribution < 1.29 is 33.5 Å². The highest BCUT2D eigenvalue weighted by Gasteiger charge is 2.37. The Balaban J connectivity index is 1.09. The van der Waals surface area contributed by atoms with E-state index in [0.29, 0.717) is 62.5 Å². The summed E-state index contributed by atoms with van der Waals surface area (Å²) in [7, 11) is 1.59. The fraction of sp³-hybridized carbons (Fsp3) is 0.385. The van der Waals surface area contributed by atoms with Crippen molar-refractivity contribution in [2.75, 3.05) is 38.3 Å². The van der Waals surface area contributed by atoms with Crippen molar-refractivity contribution in [3.8, 4) is 11.5 Å². The summed E-state index contributed by atoms with van der Waals surface area (Å²) in [5.41, 5.74) is 2.49. The van der Waals surface area contributed by atoms with Crippen LogP contribution in [0.4, 0.5) is 10.6 Å². The van der Waals surface area contributed by atoms with Crippen LogP contribution in [-0.4, -0.2) is 61.4 Å². The standard InChI is InChI=1S/C39H40Cl2N4O6/c1-48-33-12-11-29(18-35(33)49-24-26-5-6-26)34(19-30-31(40)20-42-21-32(30)41)50-38(46)28-9-7-25(8-10-28)22-45(37-4-2-3-15-43-37)39(47)51-36-23-44-16-13-27(36)14-17-44/h2-4,7-12,15,18,20-21,26-27,34,36H,5-6,13-14,16-17,19,22-24H2,1H3/p+1/t34-,36+/m1/s1. The lowest BCUT2D eigenvalue weighted by molar-refractivity contribution is -0.377. The molecule has 4 fully saturated rings. The number of fused-ring (bicyclic) bond motifs is 3. The number of aromatic amines is 1. The highest BCUT2D eigenvalue weighted by molar-refractivity contribution is 6.35. The zero-order valence-corrected chi connectivity index (χ0v) is 29.9. The van der Waals surface area contributed by atoms with Gasteiger partial charge in [0.25, 0.3) is 0 Å². The third-order valence-electron chi connectivity index (χ3n) is 9.89. The van der Waals surface area contributed by atoms with Crippen molar-refractivity contribution in [2.45, 2.75) is 50.9 Å². The van der Waals surface area contributed by atoms with Crippen LogP contribution in [0.15, 0.2) is 79.3 Å². The van der Waals surface area contributed by atoms with Gasteiger partial charge in [0, 0.05) is 24.7 Å². The third-order valence-corrected chi connectivity index (χ3v) is 10.6. The van der Waals surface area contributed by atoms with Crippen LogP contribution in [0.1, 0.15) is 58.8 Å². The molecule has 0 spiro atoms. The molecule has 3 saturated heterocycles. The SMILES string of the molecule is COc1ccc([C@@H](Cc2c(Cl)c[nH+]cc2Cl)OC(=O)c2ccc(CN(C(=O)O[C@H]3CN4CCC3CC4)c3ccccn3)cc2)cc1OCC1CC1. The minimum absolute atomic E-state index is 0.137. The molecule has 2 bridgehead atoms. The van der Waals surface area contributed by atoms with E-state index in [-0.39, 0.29) is 19.1 Å². The quantitative estimate of drug-likeness (QED) is 0.131. The van der Waals surface area contributed by atoms with E-state index >= 15 is 0 Å². The summed E-state index contributed by atoms with van der Waals surface area (Å²) in [4.78, 5) is 38.6. The van der Waals surface area contributed by atoms with Crippen LogP contribution in [0.5, 0.6) is 11.5 Å². The maximum Gasteiger partial charge on any atom is 0.416 e. The molecule has 1 N–H and O–H groups in total. The molecule has 1 saturated carbocycles. The number of pyridine rings is 2. The number of nitrogens with zero attached hydrogens (tertiary/aromatic N) is 3. The normalized spacial score (nSPS) is 19.9. The van der Waals surface area contributed by atoms with Crippen molar-refractivity contribution in [1.82, 2.24) is 9.88 Å². The summed E-state index contributed by atoms with van der Waals surface area (Å²) in [5, 5.41) is 0.854. The van der Waals surface area contributed by atoms with Gasteiger partial charge >= 0.3 is 12.1 Å². The average Bonchev–Trinajstić information content (AvgIpc) is 4.00. The van der Waals surface area contributed by atoms with E-state index in [4.69, 9.17) is 42.1 Å². The maximum absolute atomic E-state index is 13.7. The van der Waals surface area contributed by atoms with Gasteiger partial charge in [-0.15, -0.1) is 0 Å². The Morgan fingerprint density at radius 2 is 1.75 bits per heavy atom. The van der Waals surface area contributed by atoms with Gasteiger partial charge in [-0.2, -0.15) is 0 Å². The van der Waals surface area contributed by atoms with Crippen LogP contribution >= 0.6 is 23.2 Å². The number of carbonyl (C=O) groups excluding carboxylic acids is 2. The summed E-state index contributed by atoms with van der Waals surface area (Å²) < 4.78 is 23.9. The molecule has 2 atom stereocenters. The number of hydrogen-bond acceptors (Lipinski definition) is 8. The predicted molar refractivity (Wildman–Crippen MR) is 192 cm³/mol. The Kier molecular flexibility index (Phi) is 10.9. The zero-order chi connectivity index (χ0) is 35.3. The number of aromatic nitrogens is 2. The molecule has 2 aromatic heterocycles. The van der Waals surface area contributed by atoms with Crippen molar-refractivity contribution in [3.63, 3.8) is 0 Å². The number of benzene rings is 2. The lowest BCUT2D eigenvalue weighted by Gasteiger charge is -2.44. The van der Waals surface area contributed by atoms with Gasteiger partial charge in [-0.3, -0.25) is 9.80 Å². The highest BCUT2D eigenvalue weighted by Crippen LogP contribution is 2.37. The van der Waals surface area contributed by atoms with Gasteiger partial charge in [0.2, 0.25) is 0 Å². The van der Waals surface area contributed by atoms with Gasteiger partial charge < -0.3 is 18.9 Å². The number of H-pyrrole nitrogens is 1. The lowest BCUT2D eigenvalue weighted by Crippen LogP contribution is -2.53. The number of piperidine rings is 3. The first kappa shape index (κ1) is 35.0. The second-order valence-corrected chi connectivity index (χ2v) is 14.2. The maximum atomic E-state index is 13.7. The summed E-state index contributed by atoms with van der Waals surface area (Å²) >= 11 is 13.1. The van der Waals surface area contributed by atoms with E-state index in [1.165, 1.54) is 4.90 Å². The Morgan fingerprint density at radius 3 is 2.39 bits per heavy atom. The molecular formula is C39H41Cl2N4O6+. The van der Waals surface area contributed by atoms with Gasteiger partial charge in [0.05, 0.1) is 25.8 Å². The molecule has 2 aromatic carbocycles. The summed E-state index contributed by atoms with van der Waals surface area (Å²) in [6.45, 7) is 3.68. The summed E-state index contributed by atoms with van der Waals surface area (Å²) in [6.07, 6.45) is 8.21. The number of amides is 1. The van der Waals surface area contributed by atoms with Gasteiger partial charge in [0.15, 0.2) is 23.9 Å². The van der Waals surface area contributed by atoms with E-state index < -0.39 is 18.2 Å². The first-order valence-electron chi connectivity index (χ1n) is 17.4. The van der Waals surface area contributed by atoms with E-state index in [1.54, 1.807) is 62.1 Å². The first-order valence-corrected chi connectivity index (χ1v) is 18.2. The molecule has 4 aromatic rings. The zero-order valence-electron chi connectivity index (χ0n) is 28.4. The number of carbonyl (C=O) groups is 2. The molecule has 51 heavy (non-hydrogen) atoms. The van der Waals surface area contributed by atoms with Crippen LogP contribution in [0.3, 0.4) is 0 Å². The monoisotopic (exact) mass is 731 g/mol. The number of rotatable bonds is 13. The van der Waals surface area contributed by atoms with Crippen molar-refractivity contribution in [1.29, 1.82) is 0 Å². The molecule has 1 amide bonds. The predicted octanol–water partition coefficient (Wildman–Crippen LogP) is 7.38. The van der Waals surface area contributed by atoms with Crippen LogP contribution in [0.25, 0.3) is 0 Å². The Morgan fingerprint density at radius 1 is 0.980 bits per heavy atom.